The summed E-state index contributed by atoms with van der Waals surface area (Å²) >= 11 is 0. The first-order valence-electron chi connectivity index (χ1n) is 14.4. The highest BCUT2D eigenvalue weighted by Crippen LogP contribution is 2.41. The fraction of sp³-hybridized carbons (Fsp3) is 0.677. The van der Waals surface area contributed by atoms with Gasteiger partial charge in [0.15, 0.2) is 0 Å². The van der Waals surface area contributed by atoms with Gasteiger partial charge in [0.1, 0.15) is 17.7 Å². The molecule has 2 fully saturated rings. The summed E-state index contributed by atoms with van der Waals surface area (Å²) in [5.74, 6) is 1.33. The monoisotopic (exact) mass is 516 g/mol. The molecule has 0 aliphatic heterocycles. The Kier molecular flexibility index (Phi) is 12.5. The van der Waals surface area contributed by atoms with Crippen LogP contribution in [0.2, 0.25) is 0 Å². The first-order valence-corrected chi connectivity index (χ1v) is 14.4. The predicted octanol–water partition coefficient (Wildman–Crippen LogP) is 7.82. The molecule has 0 spiro atoms. The molecule has 0 aromatic heterocycles. The van der Waals surface area contributed by atoms with Gasteiger partial charge in [-0.25, -0.2) is 14.0 Å². The Morgan fingerprint density at radius 1 is 0.946 bits per heavy atom. The summed E-state index contributed by atoms with van der Waals surface area (Å²) in [6.07, 6.45) is 16.6. The van der Waals surface area contributed by atoms with Crippen molar-refractivity contribution in [2.24, 2.45) is 17.8 Å². The minimum absolute atomic E-state index is 0.0298. The standard InChI is InChI=1S/C31H45FO5/c1-3-9-23-10-12-24(13-11-23)25-14-16-26(17-15-25)37-31(34)28-19-18-27(22-29(28)32)35-20-7-5-6-8-21-36-30(33)4-2/h4,18-19,22-26H,2-3,5-17,20-21H2,1H3. The van der Waals surface area contributed by atoms with Gasteiger partial charge in [-0.05, 0) is 94.1 Å². The highest BCUT2D eigenvalue weighted by atomic mass is 19.1. The number of benzene rings is 1. The van der Waals surface area contributed by atoms with Gasteiger partial charge in [0.05, 0.1) is 18.8 Å². The zero-order valence-electron chi connectivity index (χ0n) is 22.6. The van der Waals surface area contributed by atoms with Crippen molar-refractivity contribution in [3.8, 4) is 5.75 Å². The Morgan fingerprint density at radius 3 is 2.22 bits per heavy atom. The SMILES string of the molecule is C=CC(=O)OCCCCCCOc1ccc(C(=O)OC2CCC(C3CCC(CCC)CC3)CC2)c(F)c1. The van der Waals surface area contributed by atoms with Crippen LogP contribution >= 0.6 is 0 Å². The van der Waals surface area contributed by atoms with E-state index in [1.165, 1.54) is 50.7 Å². The van der Waals surface area contributed by atoms with Crippen molar-refractivity contribution >= 4 is 11.9 Å². The third-order valence-electron chi connectivity index (χ3n) is 8.13. The van der Waals surface area contributed by atoms with Crippen LogP contribution in [0.1, 0.15) is 107 Å². The third kappa shape index (κ3) is 9.79. The van der Waals surface area contributed by atoms with Crippen LogP contribution in [0, 0.1) is 23.6 Å². The van der Waals surface area contributed by atoms with Gasteiger partial charge in [0, 0.05) is 12.1 Å². The van der Waals surface area contributed by atoms with E-state index in [0.29, 0.717) is 19.0 Å². The Labute approximate surface area is 222 Å². The molecule has 1 aromatic carbocycles. The minimum atomic E-state index is -0.607. The summed E-state index contributed by atoms with van der Waals surface area (Å²) in [7, 11) is 0. The van der Waals surface area contributed by atoms with E-state index in [0.717, 1.165) is 75.2 Å². The lowest BCUT2D eigenvalue weighted by molar-refractivity contribution is -0.137. The van der Waals surface area contributed by atoms with E-state index in [2.05, 4.69) is 13.5 Å². The molecule has 0 amide bonds. The third-order valence-corrected chi connectivity index (χ3v) is 8.13. The van der Waals surface area contributed by atoms with Crippen molar-refractivity contribution in [3.63, 3.8) is 0 Å². The maximum Gasteiger partial charge on any atom is 0.341 e. The number of rotatable bonds is 14. The Balaban J connectivity index is 1.32. The summed E-state index contributed by atoms with van der Waals surface area (Å²) in [6.45, 7) is 6.48. The molecule has 6 heteroatoms. The van der Waals surface area contributed by atoms with E-state index in [1.54, 1.807) is 6.07 Å². The molecule has 3 rings (SSSR count). The number of halogens is 1. The predicted molar refractivity (Wildman–Crippen MR) is 143 cm³/mol. The Morgan fingerprint density at radius 2 is 1.59 bits per heavy atom. The van der Waals surface area contributed by atoms with Gasteiger partial charge in [-0.15, -0.1) is 0 Å². The quantitative estimate of drug-likeness (QED) is 0.143. The molecule has 1 aromatic rings. The first kappa shape index (κ1) is 29.2. The van der Waals surface area contributed by atoms with Crippen LogP contribution < -0.4 is 4.74 Å². The molecule has 0 bridgehead atoms. The highest BCUT2D eigenvalue weighted by molar-refractivity contribution is 5.90. The fourth-order valence-corrected chi connectivity index (χ4v) is 5.98. The molecule has 37 heavy (non-hydrogen) atoms. The van der Waals surface area contributed by atoms with Crippen LogP contribution in [0.3, 0.4) is 0 Å². The lowest BCUT2D eigenvalue weighted by Crippen LogP contribution is -2.30. The van der Waals surface area contributed by atoms with Gasteiger partial charge in [-0.1, -0.05) is 39.2 Å². The average Bonchev–Trinajstić information content (AvgIpc) is 2.91. The molecule has 0 heterocycles. The second-order valence-electron chi connectivity index (χ2n) is 10.8. The van der Waals surface area contributed by atoms with Crippen molar-refractivity contribution in [2.45, 2.75) is 103 Å². The van der Waals surface area contributed by atoms with E-state index in [-0.39, 0.29) is 11.7 Å². The molecule has 5 nitrogen and oxygen atoms in total. The summed E-state index contributed by atoms with van der Waals surface area (Å²) < 4.78 is 30.9. The van der Waals surface area contributed by atoms with E-state index < -0.39 is 17.8 Å². The second-order valence-corrected chi connectivity index (χ2v) is 10.8. The molecule has 0 unspecified atom stereocenters. The van der Waals surface area contributed by atoms with Crippen LogP contribution in [0.5, 0.6) is 5.75 Å². The van der Waals surface area contributed by atoms with Gasteiger partial charge in [0.25, 0.3) is 0 Å². The molecular weight excluding hydrogens is 471 g/mol. The van der Waals surface area contributed by atoms with Gasteiger partial charge < -0.3 is 14.2 Å². The lowest BCUT2D eigenvalue weighted by atomic mass is 9.70. The zero-order chi connectivity index (χ0) is 26.5. The first-order chi connectivity index (χ1) is 18.0. The van der Waals surface area contributed by atoms with Crippen LogP contribution in [0.25, 0.3) is 0 Å². The summed E-state index contributed by atoms with van der Waals surface area (Å²) in [5, 5.41) is 0. The normalized spacial score (nSPS) is 23.7. The summed E-state index contributed by atoms with van der Waals surface area (Å²) in [5.41, 5.74) is -0.0298. The van der Waals surface area contributed by atoms with Crippen molar-refractivity contribution < 1.29 is 28.2 Å². The molecule has 0 N–H and O–H groups in total. The molecule has 0 radical (unpaired) electrons. The maximum absolute atomic E-state index is 14.6. The van der Waals surface area contributed by atoms with Crippen molar-refractivity contribution in [2.75, 3.05) is 13.2 Å². The molecular formula is C31H45FO5. The number of unbranched alkanes of at least 4 members (excludes halogenated alkanes) is 3. The largest absolute Gasteiger partial charge is 0.493 e. The summed E-state index contributed by atoms with van der Waals surface area (Å²) in [4.78, 5) is 23.6. The Hall–Kier alpha value is -2.37. The van der Waals surface area contributed by atoms with Gasteiger partial charge in [-0.3, -0.25) is 0 Å². The zero-order valence-corrected chi connectivity index (χ0v) is 22.6. The number of carbonyl (C=O) groups excluding carboxylic acids is 2. The Bertz CT molecular complexity index is 853. The van der Waals surface area contributed by atoms with Gasteiger partial charge in [0.2, 0.25) is 0 Å². The molecule has 0 saturated heterocycles. The van der Waals surface area contributed by atoms with Gasteiger partial charge in [-0.2, -0.15) is 0 Å². The lowest BCUT2D eigenvalue weighted by Gasteiger charge is -2.37. The van der Waals surface area contributed by atoms with E-state index in [4.69, 9.17) is 14.2 Å². The number of ether oxygens (including phenoxy) is 3. The minimum Gasteiger partial charge on any atom is -0.493 e. The van der Waals surface area contributed by atoms with Crippen molar-refractivity contribution in [1.82, 2.24) is 0 Å². The van der Waals surface area contributed by atoms with E-state index in [1.807, 2.05) is 0 Å². The maximum atomic E-state index is 14.6. The number of hydrogen-bond donors (Lipinski definition) is 0. The number of carbonyl (C=O) groups is 2. The molecule has 2 aliphatic carbocycles. The summed E-state index contributed by atoms with van der Waals surface area (Å²) in [6, 6.07) is 4.35. The number of hydrogen-bond acceptors (Lipinski definition) is 5. The van der Waals surface area contributed by atoms with E-state index in [9.17, 15) is 14.0 Å². The molecule has 0 atom stereocenters. The number of esters is 2. The topological polar surface area (TPSA) is 61.8 Å². The smallest absolute Gasteiger partial charge is 0.341 e. The average molecular weight is 517 g/mol. The fourth-order valence-electron chi connectivity index (χ4n) is 5.98. The van der Waals surface area contributed by atoms with Gasteiger partial charge >= 0.3 is 11.9 Å². The van der Waals surface area contributed by atoms with Crippen LogP contribution in [-0.2, 0) is 14.3 Å². The van der Waals surface area contributed by atoms with Crippen LogP contribution in [-0.4, -0.2) is 31.3 Å². The van der Waals surface area contributed by atoms with E-state index >= 15 is 0 Å². The van der Waals surface area contributed by atoms with Crippen molar-refractivity contribution in [3.05, 3.63) is 42.2 Å². The molecule has 2 saturated carbocycles. The molecule has 2 aliphatic rings. The second kappa shape index (κ2) is 15.8. The van der Waals surface area contributed by atoms with Crippen LogP contribution in [0.4, 0.5) is 4.39 Å². The molecule has 206 valence electrons. The van der Waals surface area contributed by atoms with Crippen LogP contribution in [0.15, 0.2) is 30.9 Å². The van der Waals surface area contributed by atoms with Crippen molar-refractivity contribution in [1.29, 1.82) is 0 Å². The highest BCUT2D eigenvalue weighted by Gasteiger charge is 2.32.